The minimum Gasteiger partial charge on any atom is -0.350 e. The number of fused-ring (bicyclic) bond motifs is 1. The monoisotopic (exact) mass is 636 g/mol. The fourth-order valence-electron chi connectivity index (χ4n) is 5.27. The van der Waals surface area contributed by atoms with Crippen LogP contribution in [0.5, 0.6) is 0 Å². The number of H-pyrrole nitrogens is 1. The predicted octanol–water partition coefficient (Wildman–Crippen LogP) is 6.84. The number of nitrogens with zero attached hydrogens (tertiary/aromatic N) is 3. The summed E-state index contributed by atoms with van der Waals surface area (Å²) in [7, 11) is 0. The highest BCUT2D eigenvalue weighted by Crippen LogP contribution is 2.41. The van der Waals surface area contributed by atoms with Gasteiger partial charge in [0.1, 0.15) is 5.82 Å². The number of hydrogen-bond acceptors (Lipinski definition) is 4. The van der Waals surface area contributed by atoms with Crippen LogP contribution in [0.2, 0.25) is 0 Å². The van der Waals surface area contributed by atoms with Crippen LogP contribution < -0.4 is 10.6 Å². The molecule has 4 rings (SSSR count). The zero-order valence-corrected chi connectivity index (χ0v) is 23.9. The Morgan fingerprint density at radius 3 is 2.36 bits per heavy atom. The Kier molecular flexibility index (Phi) is 9.59. The molecule has 3 aromatic rings. The van der Waals surface area contributed by atoms with E-state index in [-0.39, 0.29) is 29.9 Å². The number of aromatic amines is 1. The van der Waals surface area contributed by atoms with Crippen molar-refractivity contribution >= 4 is 22.8 Å². The number of alkyl halides is 8. The Morgan fingerprint density at radius 1 is 1.07 bits per heavy atom. The van der Waals surface area contributed by atoms with Crippen LogP contribution in [0, 0.1) is 12.8 Å². The molecular formula is C28H32F8N6O2. The normalized spacial score (nSPS) is 17.4. The third kappa shape index (κ3) is 8.68. The van der Waals surface area contributed by atoms with Gasteiger partial charge in [0.25, 0.3) is 5.91 Å². The van der Waals surface area contributed by atoms with Gasteiger partial charge in [-0.1, -0.05) is 6.07 Å². The van der Waals surface area contributed by atoms with E-state index in [4.69, 9.17) is 0 Å². The van der Waals surface area contributed by atoms with E-state index in [1.807, 2.05) is 0 Å². The molecule has 2 atom stereocenters. The van der Waals surface area contributed by atoms with Crippen molar-refractivity contribution in [2.75, 3.05) is 0 Å². The van der Waals surface area contributed by atoms with Crippen molar-refractivity contribution in [2.24, 2.45) is 5.92 Å². The molecule has 2 aromatic heterocycles. The van der Waals surface area contributed by atoms with Crippen molar-refractivity contribution in [3.05, 3.63) is 47.0 Å². The van der Waals surface area contributed by atoms with Gasteiger partial charge in [0, 0.05) is 31.5 Å². The van der Waals surface area contributed by atoms with E-state index in [0.717, 1.165) is 10.9 Å². The maximum absolute atomic E-state index is 14.0. The summed E-state index contributed by atoms with van der Waals surface area (Å²) >= 11 is 0. The quantitative estimate of drug-likeness (QED) is 0.212. The van der Waals surface area contributed by atoms with E-state index in [9.17, 15) is 44.7 Å². The number of amides is 2. The molecular weight excluding hydrogens is 604 g/mol. The summed E-state index contributed by atoms with van der Waals surface area (Å²) in [5, 5.41) is 9.25. The highest BCUT2D eigenvalue weighted by atomic mass is 19.4. The van der Waals surface area contributed by atoms with E-state index in [2.05, 4.69) is 25.7 Å². The van der Waals surface area contributed by atoms with E-state index in [1.165, 1.54) is 6.92 Å². The summed E-state index contributed by atoms with van der Waals surface area (Å²) in [5.41, 5.74) is 1.74. The van der Waals surface area contributed by atoms with E-state index >= 15 is 0 Å². The zero-order valence-electron chi connectivity index (χ0n) is 23.9. The topological polar surface area (TPSA) is 105 Å². The Bertz CT molecular complexity index is 1470. The molecule has 0 spiro atoms. The first kappa shape index (κ1) is 33.2. The number of benzene rings is 1. The lowest BCUT2D eigenvalue weighted by Gasteiger charge is -2.33. The lowest BCUT2D eigenvalue weighted by atomic mass is 9.81. The summed E-state index contributed by atoms with van der Waals surface area (Å²) in [6.45, 7) is 2.59. The van der Waals surface area contributed by atoms with Gasteiger partial charge >= 0.3 is 12.4 Å². The SMILES string of the molecule is Cc1c(C(=O)N[C@H](c2nc3ccc([C@@H](C)NC(=O)CCC(F)(F)F)cc3[nH]2)C2CCC(F)(F)CC2)cnn1CCC(F)(F)F. The maximum Gasteiger partial charge on any atom is 0.390 e. The van der Waals surface area contributed by atoms with Crippen LogP contribution in [0.3, 0.4) is 0 Å². The number of halogens is 8. The number of hydrogen-bond donors (Lipinski definition) is 3. The van der Waals surface area contributed by atoms with Crippen molar-refractivity contribution < 1.29 is 44.7 Å². The number of aromatic nitrogens is 4. The Balaban J connectivity index is 1.55. The summed E-state index contributed by atoms with van der Waals surface area (Å²) in [6.07, 6.45) is -11.5. The molecule has 44 heavy (non-hydrogen) atoms. The van der Waals surface area contributed by atoms with Gasteiger partial charge in [-0.25, -0.2) is 13.8 Å². The van der Waals surface area contributed by atoms with Crippen molar-refractivity contribution in [1.29, 1.82) is 0 Å². The third-order valence-corrected chi connectivity index (χ3v) is 7.81. The molecule has 0 aliphatic heterocycles. The average Bonchev–Trinajstić information content (AvgIpc) is 3.51. The van der Waals surface area contributed by atoms with Crippen LogP contribution in [-0.4, -0.2) is 49.8 Å². The smallest absolute Gasteiger partial charge is 0.350 e. The van der Waals surface area contributed by atoms with Crippen LogP contribution in [-0.2, 0) is 11.3 Å². The zero-order chi connectivity index (χ0) is 32.4. The van der Waals surface area contributed by atoms with Gasteiger partial charge in [-0.05, 0) is 50.3 Å². The van der Waals surface area contributed by atoms with E-state index in [1.54, 1.807) is 25.1 Å². The van der Waals surface area contributed by atoms with E-state index < -0.39 is 86.7 Å². The van der Waals surface area contributed by atoms with Crippen LogP contribution in [0.1, 0.15) is 91.4 Å². The number of carbonyl (C=O) groups is 2. The summed E-state index contributed by atoms with van der Waals surface area (Å²) < 4.78 is 105. The van der Waals surface area contributed by atoms with Crippen molar-refractivity contribution in [3.8, 4) is 0 Å². The van der Waals surface area contributed by atoms with Gasteiger partial charge in [-0.15, -0.1) is 0 Å². The summed E-state index contributed by atoms with van der Waals surface area (Å²) in [6, 6.07) is 3.40. The lowest BCUT2D eigenvalue weighted by Crippen LogP contribution is -2.37. The van der Waals surface area contributed by atoms with Gasteiger partial charge < -0.3 is 15.6 Å². The Morgan fingerprint density at radius 2 is 1.73 bits per heavy atom. The number of imidazole rings is 1. The van der Waals surface area contributed by atoms with Gasteiger partial charge in [0.15, 0.2) is 0 Å². The molecule has 1 saturated carbocycles. The van der Waals surface area contributed by atoms with Crippen LogP contribution in [0.4, 0.5) is 35.1 Å². The third-order valence-electron chi connectivity index (χ3n) is 7.81. The standard InChI is InChI=1S/C28H32F8N6O2/c1-15(38-22(43)7-10-27(31,32)33)18-3-4-20-21(13-18)40-24(39-20)23(17-5-8-26(29,30)9-6-17)41-25(44)19-14-37-42(16(19)2)12-11-28(34,35)36/h3-4,13-15,17,23H,5-12H2,1-2H3,(H,38,43)(H,39,40)(H,41,44)/t15-,23+/m1/s1. The molecule has 0 unspecified atom stereocenters. The van der Waals surface area contributed by atoms with Crippen LogP contribution in [0.25, 0.3) is 11.0 Å². The second kappa shape index (κ2) is 12.7. The summed E-state index contributed by atoms with van der Waals surface area (Å²) in [5.74, 6) is -4.44. The van der Waals surface area contributed by atoms with Crippen molar-refractivity contribution in [2.45, 2.75) is 95.7 Å². The largest absolute Gasteiger partial charge is 0.390 e. The molecule has 2 heterocycles. The number of rotatable bonds is 10. The molecule has 0 bridgehead atoms. The predicted molar refractivity (Wildman–Crippen MR) is 143 cm³/mol. The molecule has 0 radical (unpaired) electrons. The molecule has 3 N–H and O–H groups in total. The lowest BCUT2D eigenvalue weighted by molar-refractivity contribution is -0.144. The first-order chi connectivity index (χ1) is 20.4. The molecule has 1 aliphatic carbocycles. The fraction of sp³-hybridized carbons (Fsp3) is 0.571. The highest BCUT2D eigenvalue weighted by molar-refractivity contribution is 5.95. The number of aryl methyl sites for hydroxylation is 1. The first-order valence-electron chi connectivity index (χ1n) is 14.0. The van der Waals surface area contributed by atoms with Crippen LogP contribution >= 0.6 is 0 Å². The molecule has 16 heteroatoms. The number of carbonyl (C=O) groups excluding carboxylic acids is 2. The minimum atomic E-state index is -4.46. The molecule has 2 amide bonds. The Labute approximate surface area is 247 Å². The second-order valence-electron chi connectivity index (χ2n) is 11.2. The van der Waals surface area contributed by atoms with Gasteiger partial charge in [-0.2, -0.15) is 31.4 Å². The molecule has 1 aromatic carbocycles. The van der Waals surface area contributed by atoms with Crippen LogP contribution in [0.15, 0.2) is 24.4 Å². The maximum atomic E-state index is 14.0. The van der Waals surface area contributed by atoms with Gasteiger partial charge in [0.2, 0.25) is 11.8 Å². The number of nitrogens with one attached hydrogen (secondary N) is 3. The fourth-order valence-corrected chi connectivity index (χ4v) is 5.27. The first-order valence-corrected chi connectivity index (χ1v) is 14.0. The van der Waals surface area contributed by atoms with Gasteiger partial charge in [0.05, 0.1) is 47.7 Å². The molecule has 242 valence electrons. The minimum absolute atomic E-state index is 0.0341. The van der Waals surface area contributed by atoms with Crippen molar-refractivity contribution in [1.82, 2.24) is 30.4 Å². The average molecular weight is 637 g/mol. The highest BCUT2D eigenvalue weighted by Gasteiger charge is 2.40. The van der Waals surface area contributed by atoms with Crippen molar-refractivity contribution in [3.63, 3.8) is 0 Å². The van der Waals surface area contributed by atoms with E-state index in [0.29, 0.717) is 16.6 Å². The Hall–Kier alpha value is -3.72. The molecule has 8 nitrogen and oxygen atoms in total. The molecule has 1 aliphatic rings. The second-order valence-corrected chi connectivity index (χ2v) is 11.2. The molecule has 1 fully saturated rings. The van der Waals surface area contributed by atoms with Gasteiger partial charge in [-0.3, -0.25) is 14.3 Å². The summed E-state index contributed by atoms with van der Waals surface area (Å²) in [4.78, 5) is 33.0. The molecule has 0 saturated heterocycles.